The molecule has 17 heavy (non-hydrogen) atoms. The highest BCUT2D eigenvalue weighted by Crippen LogP contribution is 2.27. The summed E-state index contributed by atoms with van der Waals surface area (Å²) in [7, 11) is 1.29. The van der Waals surface area contributed by atoms with Crippen LogP contribution >= 0.6 is 0 Å². The number of hydrogen-bond donors (Lipinski definition) is 0. The Kier molecular flexibility index (Phi) is 4.00. The zero-order valence-corrected chi connectivity index (χ0v) is 8.87. The first-order valence-corrected chi connectivity index (χ1v) is 4.46. The van der Waals surface area contributed by atoms with E-state index < -0.39 is 17.5 Å². The second-order valence-corrected chi connectivity index (χ2v) is 2.88. The minimum absolute atomic E-state index is 0.00671. The molecule has 0 bridgehead atoms. The molecule has 0 N–H and O–H groups in total. The van der Waals surface area contributed by atoms with Gasteiger partial charge in [0.2, 0.25) is 0 Å². The van der Waals surface area contributed by atoms with Crippen molar-refractivity contribution >= 4 is 11.7 Å². The van der Waals surface area contributed by atoms with E-state index in [1.807, 2.05) is 0 Å². The zero-order valence-electron chi connectivity index (χ0n) is 8.87. The summed E-state index contributed by atoms with van der Waals surface area (Å²) in [5.41, 5.74) is -0.341. The highest BCUT2D eigenvalue weighted by molar-refractivity contribution is 5.90. The van der Waals surface area contributed by atoms with E-state index in [0.717, 1.165) is 6.07 Å². The number of nitro benzene ring substituents is 1. The van der Waals surface area contributed by atoms with E-state index >= 15 is 0 Å². The Hall–Kier alpha value is -2.62. The number of rotatable bonds is 4. The summed E-state index contributed by atoms with van der Waals surface area (Å²) in [6, 6.07) is 5.28. The lowest BCUT2D eigenvalue weighted by Gasteiger charge is -2.03. The first-order chi connectivity index (χ1) is 8.10. The van der Waals surface area contributed by atoms with Crippen LogP contribution in [0.3, 0.4) is 0 Å². The van der Waals surface area contributed by atoms with Gasteiger partial charge in [-0.1, -0.05) is 0 Å². The number of carbonyl (C=O) groups is 1. The molecular formula is C10H8N2O5. The van der Waals surface area contributed by atoms with Crippen molar-refractivity contribution in [2.45, 2.75) is 0 Å². The van der Waals surface area contributed by atoms with Crippen molar-refractivity contribution in [2.24, 2.45) is 0 Å². The van der Waals surface area contributed by atoms with E-state index in [-0.39, 0.29) is 17.0 Å². The quantitative estimate of drug-likeness (QED) is 0.443. The van der Waals surface area contributed by atoms with Crippen LogP contribution in [-0.4, -0.2) is 24.6 Å². The van der Waals surface area contributed by atoms with Gasteiger partial charge in [-0.3, -0.25) is 10.1 Å². The second-order valence-electron chi connectivity index (χ2n) is 2.88. The summed E-state index contributed by atoms with van der Waals surface area (Å²) in [6.45, 7) is -0.404. The van der Waals surface area contributed by atoms with E-state index in [4.69, 9.17) is 10.00 Å². The van der Waals surface area contributed by atoms with Gasteiger partial charge in [-0.25, -0.2) is 4.79 Å². The fourth-order valence-electron chi connectivity index (χ4n) is 1.14. The van der Waals surface area contributed by atoms with Gasteiger partial charge in [0.1, 0.15) is 6.07 Å². The number of nitrogens with zero attached hydrogens (tertiary/aromatic N) is 2. The molecule has 0 unspecified atom stereocenters. The van der Waals surface area contributed by atoms with Crippen LogP contribution in [0.4, 0.5) is 5.69 Å². The molecule has 0 atom stereocenters. The van der Waals surface area contributed by atoms with Crippen molar-refractivity contribution in [1.29, 1.82) is 5.26 Å². The van der Waals surface area contributed by atoms with Gasteiger partial charge >= 0.3 is 11.7 Å². The Morgan fingerprint density at radius 1 is 1.59 bits per heavy atom. The number of methoxy groups -OCH3 is 1. The third kappa shape index (κ3) is 2.92. The van der Waals surface area contributed by atoms with Gasteiger partial charge in [-0.2, -0.15) is 5.26 Å². The number of nitriles is 1. The second kappa shape index (κ2) is 5.46. The molecule has 0 amide bonds. The molecule has 0 fully saturated rings. The van der Waals surface area contributed by atoms with E-state index in [2.05, 4.69) is 4.74 Å². The lowest BCUT2D eigenvalue weighted by Crippen LogP contribution is -2.06. The Morgan fingerprint density at radius 3 is 2.82 bits per heavy atom. The van der Waals surface area contributed by atoms with Crippen LogP contribution in [-0.2, 0) is 4.74 Å². The maximum Gasteiger partial charge on any atom is 0.339 e. The van der Waals surface area contributed by atoms with E-state index in [1.165, 1.54) is 19.2 Å². The maximum atomic E-state index is 11.3. The van der Waals surface area contributed by atoms with Crippen LogP contribution in [0.5, 0.6) is 5.75 Å². The van der Waals surface area contributed by atoms with Crippen LogP contribution in [0.2, 0.25) is 0 Å². The number of carbonyl (C=O) groups excluding carboxylic acids is 1. The predicted molar refractivity (Wildman–Crippen MR) is 55.5 cm³/mol. The predicted octanol–water partition coefficient (Wildman–Crippen LogP) is 1.28. The van der Waals surface area contributed by atoms with Gasteiger partial charge in [0.25, 0.3) is 0 Å². The topological polar surface area (TPSA) is 102 Å². The molecule has 0 aliphatic heterocycles. The SMILES string of the molecule is COc1ccc(C(=O)OCC#N)cc1[N+](=O)[O-]. The third-order valence-electron chi connectivity index (χ3n) is 1.88. The molecule has 1 rings (SSSR count). The molecule has 1 aromatic rings. The van der Waals surface area contributed by atoms with Crippen molar-refractivity contribution in [3.63, 3.8) is 0 Å². The average molecular weight is 236 g/mol. The molecule has 0 spiro atoms. The molecule has 0 heterocycles. The zero-order chi connectivity index (χ0) is 12.8. The Bertz CT molecular complexity index is 492. The lowest BCUT2D eigenvalue weighted by molar-refractivity contribution is -0.385. The van der Waals surface area contributed by atoms with Crippen molar-refractivity contribution in [1.82, 2.24) is 0 Å². The average Bonchev–Trinajstić information content (AvgIpc) is 2.34. The molecule has 0 saturated heterocycles. The van der Waals surface area contributed by atoms with Crippen molar-refractivity contribution in [2.75, 3.05) is 13.7 Å². The number of nitro groups is 1. The van der Waals surface area contributed by atoms with Crippen molar-refractivity contribution < 1.29 is 19.2 Å². The summed E-state index contributed by atoms with van der Waals surface area (Å²) < 4.78 is 9.30. The molecule has 0 saturated carbocycles. The Morgan fingerprint density at radius 2 is 2.29 bits per heavy atom. The normalized spacial score (nSPS) is 9.18. The first kappa shape index (κ1) is 12.4. The smallest absolute Gasteiger partial charge is 0.339 e. The number of benzene rings is 1. The summed E-state index contributed by atoms with van der Waals surface area (Å²) in [6.07, 6.45) is 0. The summed E-state index contributed by atoms with van der Waals surface area (Å²) in [5, 5.41) is 18.9. The summed E-state index contributed by atoms with van der Waals surface area (Å²) in [5.74, 6) is -0.746. The third-order valence-corrected chi connectivity index (χ3v) is 1.88. The molecule has 7 nitrogen and oxygen atoms in total. The largest absolute Gasteiger partial charge is 0.490 e. The molecule has 0 radical (unpaired) electrons. The van der Waals surface area contributed by atoms with Gasteiger partial charge < -0.3 is 9.47 Å². The van der Waals surface area contributed by atoms with E-state index in [0.29, 0.717) is 0 Å². The van der Waals surface area contributed by atoms with Crippen LogP contribution in [0.15, 0.2) is 18.2 Å². The standard InChI is InChI=1S/C10H8N2O5/c1-16-9-3-2-7(6-8(9)12(14)15)10(13)17-5-4-11/h2-3,6H,5H2,1H3. The van der Waals surface area contributed by atoms with Crippen LogP contribution in [0.1, 0.15) is 10.4 Å². The minimum Gasteiger partial charge on any atom is -0.490 e. The lowest BCUT2D eigenvalue weighted by atomic mass is 10.2. The number of hydrogen-bond acceptors (Lipinski definition) is 6. The van der Waals surface area contributed by atoms with Gasteiger partial charge in [0, 0.05) is 6.07 Å². The molecule has 1 aromatic carbocycles. The molecule has 7 heteroatoms. The Balaban J connectivity index is 3.04. The van der Waals surface area contributed by atoms with E-state index in [1.54, 1.807) is 6.07 Å². The summed E-state index contributed by atoms with van der Waals surface area (Å²) in [4.78, 5) is 21.4. The highest BCUT2D eigenvalue weighted by Gasteiger charge is 2.18. The van der Waals surface area contributed by atoms with Crippen LogP contribution in [0.25, 0.3) is 0 Å². The van der Waals surface area contributed by atoms with Crippen LogP contribution < -0.4 is 4.74 Å². The van der Waals surface area contributed by atoms with Crippen LogP contribution in [0, 0.1) is 21.4 Å². The van der Waals surface area contributed by atoms with Gasteiger partial charge in [-0.15, -0.1) is 0 Å². The van der Waals surface area contributed by atoms with E-state index in [9.17, 15) is 14.9 Å². The Labute approximate surface area is 96.3 Å². The van der Waals surface area contributed by atoms with Gasteiger partial charge in [0.05, 0.1) is 17.6 Å². The minimum atomic E-state index is -0.794. The fraction of sp³-hybridized carbons (Fsp3) is 0.200. The monoisotopic (exact) mass is 236 g/mol. The van der Waals surface area contributed by atoms with Gasteiger partial charge in [-0.05, 0) is 12.1 Å². The summed E-state index contributed by atoms with van der Waals surface area (Å²) >= 11 is 0. The van der Waals surface area contributed by atoms with Crippen molar-refractivity contribution in [3.8, 4) is 11.8 Å². The first-order valence-electron chi connectivity index (χ1n) is 4.46. The molecule has 0 aliphatic rings. The van der Waals surface area contributed by atoms with Crippen molar-refractivity contribution in [3.05, 3.63) is 33.9 Å². The number of esters is 1. The highest BCUT2D eigenvalue weighted by atomic mass is 16.6. The maximum absolute atomic E-state index is 11.3. The van der Waals surface area contributed by atoms with Gasteiger partial charge in [0.15, 0.2) is 12.4 Å². The fourth-order valence-corrected chi connectivity index (χ4v) is 1.14. The molecular weight excluding hydrogens is 228 g/mol. The molecule has 88 valence electrons. The molecule has 0 aromatic heterocycles. The molecule has 0 aliphatic carbocycles. The number of ether oxygens (including phenoxy) is 2.